The summed E-state index contributed by atoms with van der Waals surface area (Å²) in [6.07, 6.45) is 19.5. The van der Waals surface area contributed by atoms with Crippen LogP contribution in [-0.2, 0) is 9.47 Å². The molecule has 0 N–H and O–H groups in total. The van der Waals surface area contributed by atoms with E-state index >= 15 is 0 Å². The summed E-state index contributed by atoms with van der Waals surface area (Å²) in [7, 11) is 0. The number of ether oxygens (including phenoxy) is 2. The van der Waals surface area contributed by atoms with Gasteiger partial charge in [-0.05, 0) is 50.5 Å². The molecule has 4 heteroatoms. The second-order valence-electron chi connectivity index (χ2n) is 9.31. The van der Waals surface area contributed by atoms with E-state index in [0.29, 0.717) is 17.7 Å². The fourth-order valence-corrected chi connectivity index (χ4v) is 3.93. The van der Waals surface area contributed by atoms with Crippen molar-refractivity contribution in [3.05, 3.63) is 35.4 Å². The molecule has 1 atom stereocenters. The smallest absolute Gasteiger partial charge is 0.338 e. The summed E-state index contributed by atoms with van der Waals surface area (Å²) in [5.41, 5.74) is 0.941. The van der Waals surface area contributed by atoms with Crippen LogP contribution in [0.3, 0.4) is 0 Å². The summed E-state index contributed by atoms with van der Waals surface area (Å²) >= 11 is 0. The number of esters is 2. The van der Waals surface area contributed by atoms with Gasteiger partial charge in [0.05, 0.1) is 23.8 Å². The van der Waals surface area contributed by atoms with Gasteiger partial charge in [0, 0.05) is 0 Å². The first-order chi connectivity index (χ1) is 16.1. The third-order valence-corrected chi connectivity index (χ3v) is 6.11. The van der Waals surface area contributed by atoms with Crippen LogP contribution < -0.4 is 0 Å². The Morgan fingerprint density at radius 1 is 0.636 bits per heavy atom. The second kappa shape index (κ2) is 19.6. The minimum Gasteiger partial charge on any atom is -0.462 e. The molecule has 0 aliphatic rings. The molecule has 33 heavy (non-hydrogen) atoms. The van der Waals surface area contributed by atoms with E-state index in [9.17, 15) is 9.59 Å². The lowest BCUT2D eigenvalue weighted by molar-refractivity contribution is 0.0318. The van der Waals surface area contributed by atoms with Crippen LogP contribution in [0.5, 0.6) is 0 Å². The van der Waals surface area contributed by atoms with Crippen LogP contribution in [0.1, 0.15) is 144 Å². The molecule has 188 valence electrons. The molecule has 0 saturated heterocycles. The Morgan fingerprint density at radius 2 is 1.06 bits per heavy atom. The first kappa shape index (κ1) is 29.2. The maximum absolute atomic E-state index is 12.2. The molecular formula is C29H48O4. The van der Waals surface area contributed by atoms with Crippen molar-refractivity contribution in [2.45, 2.75) is 130 Å². The van der Waals surface area contributed by atoms with E-state index in [1.807, 2.05) is 6.92 Å². The summed E-state index contributed by atoms with van der Waals surface area (Å²) < 4.78 is 10.9. The zero-order valence-corrected chi connectivity index (χ0v) is 21.5. The first-order valence-electron chi connectivity index (χ1n) is 13.6. The molecule has 0 aromatic heterocycles. The standard InChI is InChI=1S/C29H48O4/c1-4-6-8-9-10-11-12-13-14-15-16-18-24-32-28(30)26-20-22-27(23-21-26)29(31)33-25(3)19-17-7-5-2/h20-23,25H,4-19,24H2,1-3H3. The monoisotopic (exact) mass is 460 g/mol. The van der Waals surface area contributed by atoms with Gasteiger partial charge < -0.3 is 9.47 Å². The number of carbonyl (C=O) groups is 2. The quantitative estimate of drug-likeness (QED) is 0.144. The van der Waals surface area contributed by atoms with Gasteiger partial charge in [0.15, 0.2) is 0 Å². The molecule has 0 bridgehead atoms. The fraction of sp³-hybridized carbons (Fsp3) is 0.724. The third kappa shape index (κ3) is 14.8. The third-order valence-electron chi connectivity index (χ3n) is 6.11. The van der Waals surface area contributed by atoms with Gasteiger partial charge in [0.2, 0.25) is 0 Å². The SMILES string of the molecule is CCCCCCCCCCCCCCOC(=O)c1ccc(C(=O)OC(C)CCCCC)cc1. The number of unbranched alkanes of at least 4 members (excludes halogenated alkanes) is 13. The Morgan fingerprint density at radius 3 is 1.58 bits per heavy atom. The zero-order chi connectivity index (χ0) is 24.2. The summed E-state index contributed by atoms with van der Waals surface area (Å²) in [4.78, 5) is 24.5. The summed E-state index contributed by atoms with van der Waals surface area (Å²) in [5.74, 6) is -0.665. The molecular weight excluding hydrogens is 412 g/mol. The van der Waals surface area contributed by atoms with Crippen LogP contribution in [0, 0.1) is 0 Å². The van der Waals surface area contributed by atoms with E-state index in [4.69, 9.17) is 9.47 Å². The largest absolute Gasteiger partial charge is 0.462 e. The van der Waals surface area contributed by atoms with Crippen molar-refractivity contribution in [1.82, 2.24) is 0 Å². The van der Waals surface area contributed by atoms with Gasteiger partial charge in [-0.15, -0.1) is 0 Å². The topological polar surface area (TPSA) is 52.6 Å². The van der Waals surface area contributed by atoms with E-state index in [-0.39, 0.29) is 18.0 Å². The Labute approximate surface area is 202 Å². The summed E-state index contributed by atoms with van der Waals surface area (Å²) in [5, 5.41) is 0. The van der Waals surface area contributed by atoms with E-state index < -0.39 is 0 Å². The van der Waals surface area contributed by atoms with Gasteiger partial charge in [0.1, 0.15) is 0 Å². The number of benzene rings is 1. The van der Waals surface area contributed by atoms with Gasteiger partial charge in [-0.3, -0.25) is 0 Å². The summed E-state index contributed by atoms with van der Waals surface area (Å²) in [6.45, 7) is 6.79. The molecule has 4 nitrogen and oxygen atoms in total. The highest BCUT2D eigenvalue weighted by molar-refractivity contribution is 5.93. The molecule has 0 heterocycles. The Hall–Kier alpha value is -1.84. The lowest BCUT2D eigenvalue weighted by atomic mass is 10.1. The molecule has 0 amide bonds. The first-order valence-corrected chi connectivity index (χ1v) is 13.6. The van der Waals surface area contributed by atoms with Crippen LogP contribution in [0.2, 0.25) is 0 Å². The van der Waals surface area contributed by atoms with Crippen LogP contribution in [0.25, 0.3) is 0 Å². The average molecular weight is 461 g/mol. The molecule has 1 aromatic rings. The van der Waals surface area contributed by atoms with Crippen molar-refractivity contribution in [3.8, 4) is 0 Å². The molecule has 1 aromatic carbocycles. The number of hydrogen-bond donors (Lipinski definition) is 0. The van der Waals surface area contributed by atoms with Crippen LogP contribution in [0.4, 0.5) is 0 Å². The van der Waals surface area contributed by atoms with Gasteiger partial charge in [0.25, 0.3) is 0 Å². The normalized spacial score (nSPS) is 11.8. The fourth-order valence-electron chi connectivity index (χ4n) is 3.93. The highest BCUT2D eigenvalue weighted by atomic mass is 16.5. The molecule has 0 saturated carbocycles. The van der Waals surface area contributed by atoms with Crippen molar-refractivity contribution in [2.24, 2.45) is 0 Å². The van der Waals surface area contributed by atoms with Gasteiger partial charge >= 0.3 is 11.9 Å². The van der Waals surface area contributed by atoms with Gasteiger partial charge in [-0.1, -0.05) is 97.3 Å². The average Bonchev–Trinajstić information content (AvgIpc) is 2.82. The minimum absolute atomic E-state index is 0.0933. The molecule has 0 aliphatic carbocycles. The summed E-state index contributed by atoms with van der Waals surface area (Å²) in [6, 6.07) is 6.56. The van der Waals surface area contributed by atoms with Crippen LogP contribution >= 0.6 is 0 Å². The predicted octanol–water partition coefficient (Wildman–Crippen LogP) is 8.67. The van der Waals surface area contributed by atoms with Crippen molar-refractivity contribution >= 4 is 11.9 Å². The highest BCUT2D eigenvalue weighted by Gasteiger charge is 2.13. The lowest BCUT2D eigenvalue weighted by Gasteiger charge is -2.13. The lowest BCUT2D eigenvalue weighted by Crippen LogP contribution is -2.15. The Kier molecular flexibility index (Phi) is 17.4. The van der Waals surface area contributed by atoms with Gasteiger partial charge in [-0.2, -0.15) is 0 Å². The van der Waals surface area contributed by atoms with Crippen molar-refractivity contribution in [3.63, 3.8) is 0 Å². The predicted molar refractivity (Wildman–Crippen MR) is 137 cm³/mol. The maximum atomic E-state index is 12.2. The van der Waals surface area contributed by atoms with E-state index in [1.54, 1.807) is 24.3 Å². The molecule has 0 aliphatic heterocycles. The van der Waals surface area contributed by atoms with Crippen molar-refractivity contribution in [1.29, 1.82) is 0 Å². The van der Waals surface area contributed by atoms with Crippen molar-refractivity contribution in [2.75, 3.05) is 6.61 Å². The van der Waals surface area contributed by atoms with E-state index in [0.717, 1.165) is 38.5 Å². The Bertz CT molecular complexity index is 623. The van der Waals surface area contributed by atoms with Gasteiger partial charge in [-0.25, -0.2) is 9.59 Å². The maximum Gasteiger partial charge on any atom is 0.338 e. The van der Waals surface area contributed by atoms with E-state index in [1.165, 1.54) is 64.2 Å². The molecule has 1 rings (SSSR count). The number of hydrogen-bond acceptors (Lipinski definition) is 4. The number of carbonyl (C=O) groups excluding carboxylic acids is 2. The van der Waals surface area contributed by atoms with Crippen molar-refractivity contribution < 1.29 is 19.1 Å². The Balaban J connectivity index is 2.11. The number of rotatable bonds is 20. The second-order valence-corrected chi connectivity index (χ2v) is 9.31. The molecule has 0 radical (unpaired) electrons. The molecule has 1 unspecified atom stereocenters. The molecule has 0 spiro atoms. The molecule has 0 fully saturated rings. The minimum atomic E-state index is -0.338. The van der Waals surface area contributed by atoms with E-state index in [2.05, 4.69) is 13.8 Å². The van der Waals surface area contributed by atoms with Crippen LogP contribution in [0.15, 0.2) is 24.3 Å². The zero-order valence-electron chi connectivity index (χ0n) is 21.5. The highest BCUT2D eigenvalue weighted by Crippen LogP contribution is 2.14. The van der Waals surface area contributed by atoms with Crippen LogP contribution in [-0.4, -0.2) is 24.6 Å².